The minimum Gasteiger partial charge on any atom is -0.494 e. The lowest BCUT2D eigenvalue weighted by atomic mass is 10.1. The van der Waals surface area contributed by atoms with Crippen LogP contribution >= 0.6 is 11.6 Å². The van der Waals surface area contributed by atoms with E-state index in [0.29, 0.717) is 23.0 Å². The number of rotatable bonds is 3. The molecule has 1 aromatic carbocycles. The van der Waals surface area contributed by atoms with E-state index >= 15 is 0 Å². The maximum absolute atomic E-state index is 8.66. The summed E-state index contributed by atoms with van der Waals surface area (Å²) in [5.74, 6) is 0.568. The first kappa shape index (κ1) is 10.6. The lowest BCUT2D eigenvalue weighted by Crippen LogP contribution is -1.90. The van der Waals surface area contributed by atoms with Gasteiger partial charge in [-0.25, -0.2) is 0 Å². The lowest BCUT2D eigenvalue weighted by molar-refractivity contribution is 0.299. The van der Waals surface area contributed by atoms with Gasteiger partial charge in [-0.3, -0.25) is 0 Å². The van der Waals surface area contributed by atoms with Crippen LogP contribution in [0.15, 0.2) is 24.8 Å². The van der Waals surface area contributed by atoms with E-state index in [2.05, 4.69) is 6.58 Å². The average molecular weight is 208 g/mol. The van der Waals surface area contributed by atoms with E-state index in [0.717, 1.165) is 5.56 Å². The van der Waals surface area contributed by atoms with Crippen LogP contribution in [-0.4, -0.2) is 6.61 Å². The predicted octanol–water partition coefficient (Wildman–Crippen LogP) is 3.22. The van der Waals surface area contributed by atoms with Crippen molar-refractivity contribution in [3.63, 3.8) is 0 Å². The molecule has 0 bridgehead atoms. The Bertz CT molecular complexity index is 393. The zero-order valence-corrected chi connectivity index (χ0v) is 8.64. The highest BCUT2D eigenvalue weighted by molar-refractivity contribution is 6.31. The number of hydrogen-bond donors (Lipinski definition) is 0. The molecule has 0 N–H and O–H groups in total. The standard InChI is InChI=1S/C11H10ClNO/c1-3-14-8(2)9-4-5-10(7-13)11(12)6-9/h4-6H,2-3H2,1H3. The molecule has 0 unspecified atom stereocenters. The largest absolute Gasteiger partial charge is 0.494 e. The van der Waals surface area contributed by atoms with Crippen LogP contribution in [0.3, 0.4) is 0 Å². The SMILES string of the molecule is C=C(OCC)c1ccc(C#N)c(Cl)c1. The fourth-order valence-corrected chi connectivity index (χ4v) is 1.26. The van der Waals surface area contributed by atoms with Gasteiger partial charge in [0, 0.05) is 5.56 Å². The first-order chi connectivity index (χ1) is 6.69. The van der Waals surface area contributed by atoms with Crippen LogP contribution in [-0.2, 0) is 4.74 Å². The molecule has 0 spiro atoms. The highest BCUT2D eigenvalue weighted by atomic mass is 35.5. The zero-order chi connectivity index (χ0) is 10.6. The number of nitrogens with zero attached hydrogens (tertiary/aromatic N) is 1. The van der Waals surface area contributed by atoms with Gasteiger partial charge in [0.15, 0.2) is 0 Å². The summed E-state index contributed by atoms with van der Waals surface area (Å²) in [4.78, 5) is 0. The van der Waals surface area contributed by atoms with Crippen molar-refractivity contribution < 1.29 is 4.74 Å². The molecule has 14 heavy (non-hydrogen) atoms. The average Bonchev–Trinajstić information content (AvgIpc) is 2.18. The van der Waals surface area contributed by atoms with Crippen LogP contribution in [0.4, 0.5) is 0 Å². The molecule has 0 atom stereocenters. The molecule has 1 rings (SSSR count). The van der Waals surface area contributed by atoms with Crippen LogP contribution in [0.2, 0.25) is 5.02 Å². The number of ether oxygens (including phenoxy) is 1. The summed E-state index contributed by atoms with van der Waals surface area (Å²) in [7, 11) is 0. The normalized spacial score (nSPS) is 9.21. The highest BCUT2D eigenvalue weighted by Crippen LogP contribution is 2.21. The maximum Gasteiger partial charge on any atom is 0.119 e. The van der Waals surface area contributed by atoms with E-state index < -0.39 is 0 Å². The van der Waals surface area contributed by atoms with Crippen molar-refractivity contribution >= 4 is 17.4 Å². The van der Waals surface area contributed by atoms with Crippen LogP contribution in [0.1, 0.15) is 18.1 Å². The molecule has 0 aliphatic carbocycles. The summed E-state index contributed by atoms with van der Waals surface area (Å²) in [6.07, 6.45) is 0. The Kier molecular flexibility index (Phi) is 3.55. The van der Waals surface area contributed by atoms with Gasteiger partial charge in [0.2, 0.25) is 0 Å². The molecule has 0 aliphatic rings. The topological polar surface area (TPSA) is 33.0 Å². The Hall–Kier alpha value is -1.46. The number of benzene rings is 1. The monoisotopic (exact) mass is 207 g/mol. The molecule has 0 amide bonds. The van der Waals surface area contributed by atoms with Crippen LogP contribution in [0, 0.1) is 11.3 Å². The second-order valence-corrected chi connectivity index (χ2v) is 3.07. The Morgan fingerprint density at radius 3 is 2.86 bits per heavy atom. The van der Waals surface area contributed by atoms with Crippen molar-refractivity contribution in [2.45, 2.75) is 6.92 Å². The summed E-state index contributed by atoms with van der Waals surface area (Å²) in [5, 5.41) is 9.09. The summed E-state index contributed by atoms with van der Waals surface area (Å²) in [6, 6.07) is 7.09. The minimum atomic E-state index is 0.422. The molecule has 72 valence electrons. The summed E-state index contributed by atoms with van der Waals surface area (Å²) in [6.45, 7) is 6.20. The third kappa shape index (κ3) is 2.27. The lowest BCUT2D eigenvalue weighted by Gasteiger charge is -2.07. The summed E-state index contributed by atoms with van der Waals surface area (Å²) >= 11 is 5.85. The van der Waals surface area contributed by atoms with Crippen molar-refractivity contribution in [3.8, 4) is 6.07 Å². The van der Waals surface area contributed by atoms with Gasteiger partial charge in [0.05, 0.1) is 17.2 Å². The molecule has 0 radical (unpaired) electrons. The molecule has 2 nitrogen and oxygen atoms in total. The van der Waals surface area contributed by atoms with Crippen molar-refractivity contribution in [1.29, 1.82) is 5.26 Å². The van der Waals surface area contributed by atoms with Crippen LogP contribution < -0.4 is 0 Å². The van der Waals surface area contributed by atoms with Gasteiger partial charge in [-0.2, -0.15) is 5.26 Å². The van der Waals surface area contributed by atoms with Crippen LogP contribution in [0.5, 0.6) is 0 Å². The molecule has 0 aliphatic heterocycles. The Morgan fingerprint density at radius 1 is 1.64 bits per heavy atom. The molecule has 0 heterocycles. The molecule has 1 aromatic rings. The van der Waals surface area contributed by atoms with Gasteiger partial charge >= 0.3 is 0 Å². The van der Waals surface area contributed by atoms with Gasteiger partial charge in [0.25, 0.3) is 0 Å². The quantitative estimate of drug-likeness (QED) is 0.713. The van der Waals surface area contributed by atoms with Gasteiger partial charge in [-0.15, -0.1) is 0 Å². The van der Waals surface area contributed by atoms with Gasteiger partial charge in [0.1, 0.15) is 11.8 Å². The van der Waals surface area contributed by atoms with E-state index in [9.17, 15) is 0 Å². The zero-order valence-electron chi connectivity index (χ0n) is 7.88. The molecule has 0 saturated carbocycles. The molecule has 0 saturated heterocycles. The molecular weight excluding hydrogens is 198 g/mol. The van der Waals surface area contributed by atoms with Crippen LogP contribution in [0.25, 0.3) is 5.76 Å². The smallest absolute Gasteiger partial charge is 0.119 e. The third-order valence-corrected chi connectivity index (χ3v) is 2.04. The van der Waals surface area contributed by atoms with Gasteiger partial charge < -0.3 is 4.74 Å². The Labute approximate surface area is 88.4 Å². The molecule has 0 aromatic heterocycles. The van der Waals surface area contributed by atoms with Crippen molar-refractivity contribution in [2.75, 3.05) is 6.61 Å². The Morgan fingerprint density at radius 2 is 2.36 bits per heavy atom. The number of hydrogen-bond acceptors (Lipinski definition) is 2. The maximum atomic E-state index is 8.66. The highest BCUT2D eigenvalue weighted by Gasteiger charge is 2.03. The van der Waals surface area contributed by atoms with Crippen molar-refractivity contribution in [3.05, 3.63) is 40.9 Å². The first-order valence-corrected chi connectivity index (χ1v) is 4.58. The molecule has 3 heteroatoms. The minimum absolute atomic E-state index is 0.422. The molecular formula is C11H10ClNO. The second-order valence-electron chi connectivity index (χ2n) is 2.66. The fraction of sp³-hybridized carbons (Fsp3) is 0.182. The van der Waals surface area contributed by atoms with E-state index in [1.165, 1.54) is 0 Å². The summed E-state index contributed by atoms with van der Waals surface area (Å²) < 4.78 is 5.22. The van der Waals surface area contributed by atoms with E-state index in [1.807, 2.05) is 13.0 Å². The number of halogens is 1. The van der Waals surface area contributed by atoms with Crippen molar-refractivity contribution in [2.24, 2.45) is 0 Å². The fourth-order valence-electron chi connectivity index (χ4n) is 1.04. The predicted molar refractivity (Wildman–Crippen MR) is 56.8 cm³/mol. The number of nitriles is 1. The van der Waals surface area contributed by atoms with E-state index in [-0.39, 0.29) is 0 Å². The Balaban J connectivity index is 2.98. The molecule has 0 fully saturated rings. The van der Waals surface area contributed by atoms with E-state index in [4.69, 9.17) is 21.6 Å². The van der Waals surface area contributed by atoms with Crippen molar-refractivity contribution in [1.82, 2.24) is 0 Å². The van der Waals surface area contributed by atoms with Gasteiger partial charge in [-0.05, 0) is 25.1 Å². The second kappa shape index (κ2) is 4.69. The van der Waals surface area contributed by atoms with E-state index in [1.54, 1.807) is 18.2 Å². The first-order valence-electron chi connectivity index (χ1n) is 4.20. The summed E-state index contributed by atoms with van der Waals surface area (Å²) in [5.41, 5.74) is 1.26. The van der Waals surface area contributed by atoms with Gasteiger partial charge in [-0.1, -0.05) is 18.2 Å². The third-order valence-electron chi connectivity index (χ3n) is 1.73.